The third kappa shape index (κ3) is 2.90. The van der Waals surface area contributed by atoms with Gasteiger partial charge in [-0.25, -0.2) is 4.98 Å². The number of anilines is 1. The highest BCUT2D eigenvalue weighted by molar-refractivity contribution is 9.10. The standard InChI is InChI=1S/C9H12BrCl2N3O/c1-2-9(3-11,4-12)15-7-6(10)8(16)14-5-13-7/h5H,2-4H2,1H3,(H2,13,14,15,16). The number of aromatic amines is 1. The van der Waals surface area contributed by atoms with Crippen molar-refractivity contribution in [1.82, 2.24) is 9.97 Å². The van der Waals surface area contributed by atoms with Crippen molar-refractivity contribution in [2.75, 3.05) is 17.1 Å². The number of H-pyrrole nitrogens is 1. The lowest BCUT2D eigenvalue weighted by Crippen LogP contribution is -2.42. The predicted octanol–water partition coefficient (Wildman–Crippen LogP) is 2.57. The van der Waals surface area contributed by atoms with Crippen molar-refractivity contribution in [3.8, 4) is 0 Å². The normalized spacial score (nSPS) is 11.5. The highest BCUT2D eigenvalue weighted by Gasteiger charge is 2.27. The molecule has 0 bridgehead atoms. The van der Waals surface area contributed by atoms with E-state index in [4.69, 9.17) is 23.2 Å². The molecule has 1 aromatic rings. The summed E-state index contributed by atoms with van der Waals surface area (Å²) in [5.41, 5.74) is -0.696. The van der Waals surface area contributed by atoms with Crippen LogP contribution in [0.3, 0.4) is 0 Å². The Morgan fingerprint density at radius 1 is 1.56 bits per heavy atom. The maximum Gasteiger partial charge on any atom is 0.267 e. The van der Waals surface area contributed by atoms with Crippen molar-refractivity contribution in [1.29, 1.82) is 0 Å². The molecule has 1 rings (SSSR count). The second-order valence-corrected chi connectivity index (χ2v) is 4.75. The largest absolute Gasteiger partial charge is 0.361 e. The fourth-order valence-electron chi connectivity index (χ4n) is 1.10. The first-order valence-corrected chi connectivity index (χ1v) is 6.58. The predicted molar refractivity (Wildman–Crippen MR) is 70.6 cm³/mol. The van der Waals surface area contributed by atoms with Gasteiger partial charge in [0.15, 0.2) is 0 Å². The number of aromatic nitrogens is 2. The fourth-order valence-corrected chi connectivity index (χ4v) is 2.21. The zero-order chi connectivity index (χ0) is 12.2. The molecule has 0 amide bonds. The summed E-state index contributed by atoms with van der Waals surface area (Å²) in [5, 5.41) is 3.11. The fraction of sp³-hybridized carbons (Fsp3) is 0.556. The molecular weight excluding hydrogens is 317 g/mol. The maximum absolute atomic E-state index is 11.3. The van der Waals surface area contributed by atoms with Crippen molar-refractivity contribution in [2.45, 2.75) is 18.9 Å². The lowest BCUT2D eigenvalue weighted by molar-refractivity contribution is 0.557. The molecule has 0 aliphatic rings. The van der Waals surface area contributed by atoms with Crippen molar-refractivity contribution in [2.24, 2.45) is 0 Å². The average Bonchev–Trinajstić information content (AvgIpc) is 2.32. The molecular formula is C9H12BrCl2N3O. The van der Waals surface area contributed by atoms with E-state index in [-0.39, 0.29) is 5.56 Å². The van der Waals surface area contributed by atoms with E-state index in [0.29, 0.717) is 22.1 Å². The molecule has 0 aromatic carbocycles. The molecule has 0 spiro atoms. The second-order valence-electron chi connectivity index (χ2n) is 3.42. The molecule has 0 aliphatic carbocycles. The minimum absolute atomic E-state index is 0.244. The Kier molecular flexibility index (Phi) is 5.08. The summed E-state index contributed by atoms with van der Waals surface area (Å²) in [5.74, 6) is 1.13. The molecule has 90 valence electrons. The topological polar surface area (TPSA) is 57.8 Å². The Hall–Kier alpha value is -0.260. The van der Waals surface area contributed by atoms with E-state index in [2.05, 4.69) is 31.2 Å². The van der Waals surface area contributed by atoms with Gasteiger partial charge < -0.3 is 10.3 Å². The van der Waals surface area contributed by atoms with E-state index in [1.54, 1.807) is 0 Å². The van der Waals surface area contributed by atoms with E-state index in [1.807, 2.05) is 6.92 Å². The molecule has 1 aromatic heterocycles. The average molecular weight is 329 g/mol. The van der Waals surface area contributed by atoms with Gasteiger partial charge in [0.2, 0.25) is 0 Å². The summed E-state index contributed by atoms with van der Waals surface area (Å²) >= 11 is 14.9. The summed E-state index contributed by atoms with van der Waals surface area (Å²) < 4.78 is 0.350. The van der Waals surface area contributed by atoms with Gasteiger partial charge in [-0.2, -0.15) is 0 Å². The third-order valence-corrected chi connectivity index (χ3v) is 4.13. The molecule has 4 nitrogen and oxygen atoms in total. The van der Waals surface area contributed by atoms with Crippen molar-refractivity contribution in [3.63, 3.8) is 0 Å². The van der Waals surface area contributed by atoms with Crippen LogP contribution in [0.4, 0.5) is 5.82 Å². The Labute approximate surface area is 112 Å². The molecule has 2 N–H and O–H groups in total. The van der Waals surface area contributed by atoms with Crippen LogP contribution in [0.1, 0.15) is 13.3 Å². The Bertz CT molecular complexity index is 398. The van der Waals surface area contributed by atoms with Crippen molar-refractivity contribution >= 4 is 44.9 Å². The van der Waals surface area contributed by atoms with Crippen molar-refractivity contribution in [3.05, 3.63) is 21.2 Å². The van der Waals surface area contributed by atoms with Gasteiger partial charge in [-0.05, 0) is 22.4 Å². The summed E-state index contributed by atoms with van der Waals surface area (Å²) in [6.07, 6.45) is 2.07. The molecule has 0 saturated heterocycles. The van der Waals surface area contributed by atoms with Crippen LogP contribution in [-0.4, -0.2) is 27.3 Å². The van der Waals surface area contributed by atoms with Crippen LogP contribution in [0.5, 0.6) is 0 Å². The SMILES string of the molecule is CCC(CCl)(CCl)Nc1nc[nH]c(=O)c1Br. The zero-order valence-corrected chi connectivity index (χ0v) is 11.8. The minimum Gasteiger partial charge on any atom is -0.361 e. The number of hydrogen-bond acceptors (Lipinski definition) is 3. The number of hydrogen-bond donors (Lipinski definition) is 2. The number of nitrogens with zero attached hydrogens (tertiary/aromatic N) is 1. The summed E-state index contributed by atoms with van der Waals surface area (Å²) in [4.78, 5) is 17.8. The number of halogens is 3. The van der Waals surface area contributed by atoms with E-state index in [1.165, 1.54) is 6.33 Å². The van der Waals surface area contributed by atoms with Crippen molar-refractivity contribution < 1.29 is 0 Å². The van der Waals surface area contributed by atoms with Gasteiger partial charge in [0.1, 0.15) is 10.3 Å². The van der Waals surface area contributed by atoms with Gasteiger partial charge in [-0.1, -0.05) is 6.92 Å². The summed E-state index contributed by atoms with van der Waals surface area (Å²) in [7, 11) is 0. The van der Waals surface area contributed by atoms with Gasteiger partial charge >= 0.3 is 0 Å². The minimum atomic E-state index is -0.452. The molecule has 0 unspecified atom stereocenters. The summed E-state index contributed by atoms with van der Waals surface area (Å²) in [6, 6.07) is 0. The molecule has 1 heterocycles. The van der Waals surface area contributed by atoms with Crippen LogP contribution in [0.25, 0.3) is 0 Å². The molecule has 16 heavy (non-hydrogen) atoms. The third-order valence-electron chi connectivity index (χ3n) is 2.37. The quantitative estimate of drug-likeness (QED) is 0.817. The number of nitrogens with one attached hydrogen (secondary N) is 2. The maximum atomic E-state index is 11.3. The molecule has 0 radical (unpaired) electrons. The number of alkyl halides is 2. The molecule has 0 fully saturated rings. The monoisotopic (exact) mass is 327 g/mol. The van der Waals surface area contributed by atoms with Crippen LogP contribution in [0.2, 0.25) is 0 Å². The lowest BCUT2D eigenvalue weighted by Gasteiger charge is -2.30. The number of rotatable bonds is 5. The van der Waals surface area contributed by atoms with Gasteiger partial charge in [-0.3, -0.25) is 4.79 Å². The van der Waals surface area contributed by atoms with Crippen LogP contribution in [0.15, 0.2) is 15.6 Å². The Morgan fingerprint density at radius 3 is 2.69 bits per heavy atom. The first-order valence-electron chi connectivity index (χ1n) is 4.72. The van der Waals surface area contributed by atoms with Crippen LogP contribution in [-0.2, 0) is 0 Å². The van der Waals surface area contributed by atoms with Gasteiger partial charge in [-0.15, -0.1) is 23.2 Å². The lowest BCUT2D eigenvalue weighted by atomic mass is 10.0. The van der Waals surface area contributed by atoms with Crippen LogP contribution >= 0.6 is 39.1 Å². The molecule has 0 saturated carbocycles. The van der Waals surface area contributed by atoms with Gasteiger partial charge in [0, 0.05) is 11.8 Å². The van der Waals surface area contributed by atoms with Gasteiger partial charge in [0.25, 0.3) is 5.56 Å². The smallest absolute Gasteiger partial charge is 0.267 e. The van der Waals surface area contributed by atoms with E-state index in [9.17, 15) is 4.79 Å². The molecule has 7 heteroatoms. The summed E-state index contributed by atoms with van der Waals surface area (Å²) in [6.45, 7) is 1.97. The van der Waals surface area contributed by atoms with Crippen LogP contribution < -0.4 is 10.9 Å². The Balaban J connectivity index is 3.03. The first-order chi connectivity index (χ1) is 7.58. The Morgan fingerprint density at radius 2 is 2.19 bits per heavy atom. The second kappa shape index (κ2) is 5.89. The molecule has 0 atom stereocenters. The zero-order valence-electron chi connectivity index (χ0n) is 8.69. The molecule has 0 aliphatic heterocycles. The van der Waals surface area contributed by atoms with E-state index in [0.717, 1.165) is 6.42 Å². The highest BCUT2D eigenvalue weighted by atomic mass is 79.9. The first kappa shape index (κ1) is 13.8. The highest BCUT2D eigenvalue weighted by Crippen LogP contribution is 2.23. The van der Waals surface area contributed by atoms with Crippen LogP contribution in [0, 0.1) is 0 Å². The van der Waals surface area contributed by atoms with E-state index < -0.39 is 5.54 Å². The van der Waals surface area contributed by atoms with Gasteiger partial charge in [0.05, 0.1) is 11.9 Å². The van der Waals surface area contributed by atoms with E-state index >= 15 is 0 Å².